The molecule has 1 aliphatic rings. The summed E-state index contributed by atoms with van der Waals surface area (Å²) >= 11 is 0. The van der Waals surface area contributed by atoms with Crippen molar-refractivity contribution in [3.05, 3.63) is 5.82 Å². The van der Waals surface area contributed by atoms with Gasteiger partial charge in [0.05, 0.1) is 12.5 Å². The van der Waals surface area contributed by atoms with Crippen molar-refractivity contribution in [1.82, 2.24) is 19.9 Å². The molecular formula is C10H15F3N6. The van der Waals surface area contributed by atoms with E-state index < -0.39 is 12.1 Å². The first-order valence-electron chi connectivity index (χ1n) is 5.89. The van der Waals surface area contributed by atoms with Gasteiger partial charge in [0.25, 0.3) is 0 Å². The van der Waals surface area contributed by atoms with Crippen LogP contribution in [-0.2, 0) is 6.54 Å². The zero-order chi connectivity index (χ0) is 14.0. The molecule has 0 aliphatic carbocycles. The molecule has 0 radical (unpaired) electrons. The maximum atomic E-state index is 12.7. The Morgan fingerprint density at radius 2 is 1.79 bits per heavy atom. The number of halogens is 3. The number of hydrogen-bond donors (Lipinski definition) is 2. The van der Waals surface area contributed by atoms with Gasteiger partial charge in [0.15, 0.2) is 0 Å². The van der Waals surface area contributed by atoms with Crippen molar-refractivity contribution in [1.29, 1.82) is 0 Å². The highest BCUT2D eigenvalue weighted by atomic mass is 19.4. The summed E-state index contributed by atoms with van der Waals surface area (Å²) in [7, 11) is 0. The lowest BCUT2D eigenvalue weighted by Gasteiger charge is -2.33. The van der Waals surface area contributed by atoms with E-state index in [2.05, 4.69) is 15.0 Å². The van der Waals surface area contributed by atoms with E-state index in [0.29, 0.717) is 18.8 Å². The second-order valence-electron chi connectivity index (χ2n) is 4.58. The lowest BCUT2D eigenvalue weighted by atomic mass is 9.97. The minimum Gasteiger partial charge on any atom is -0.368 e. The average molecular weight is 276 g/mol. The van der Waals surface area contributed by atoms with E-state index in [4.69, 9.17) is 11.5 Å². The molecule has 4 N–H and O–H groups in total. The molecule has 19 heavy (non-hydrogen) atoms. The summed E-state index contributed by atoms with van der Waals surface area (Å²) in [6, 6.07) is 0. The maximum Gasteiger partial charge on any atom is 0.393 e. The van der Waals surface area contributed by atoms with Crippen molar-refractivity contribution >= 4 is 11.9 Å². The van der Waals surface area contributed by atoms with Gasteiger partial charge in [-0.15, -0.1) is 0 Å². The minimum absolute atomic E-state index is 0.0214. The van der Waals surface area contributed by atoms with Crippen LogP contribution >= 0.6 is 0 Å². The number of nitrogens with two attached hydrogens (primary N) is 2. The number of anilines is 2. The minimum atomic E-state index is -4.16. The molecule has 1 aromatic rings. The largest absolute Gasteiger partial charge is 0.393 e. The second-order valence-corrected chi connectivity index (χ2v) is 4.58. The van der Waals surface area contributed by atoms with Crippen LogP contribution in [-0.4, -0.2) is 39.1 Å². The highest BCUT2D eigenvalue weighted by Gasteiger charge is 2.41. The Morgan fingerprint density at radius 1 is 1.16 bits per heavy atom. The summed E-state index contributed by atoms with van der Waals surface area (Å²) in [5.41, 5.74) is 10.8. The maximum absolute atomic E-state index is 12.7. The van der Waals surface area contributed by atoms with Crippen LogP contribution in [0.2, 0.25) is 0 Å². The molecule has 1 aromatic heterocycles. The number of nitrogen functional groups attached to an aromatic ring is 2. The van der Waals surface area contributed by atoms with E-state index in [9.17, 15) is 13.2 Å². The summed E-state index contributed by atoms with van der Waals surface area (Å²) in [6.45, 7) is 0.733. The van der Waals surface area contributed by atoms with Crippen LogP contribution in [0.3, 0.4) is 0 Å². The first-order chi connectivity index (χ1) is 8.84. The number of alkyl halides is 3. The standard InChI is InChI=1S/C10H15F3N6/c11-10(12,13)6-2-1-3-19(4-6)5-7-16-8(14)18-9(15)17-7/h6H,1-5H2,(H4,14,15,16,17,18). The summed E-state index contributed by atoms with van der Waals surface area (Å²) in [4.78, 5) is 13.0. The monoisotopic (exact) mass is 276 g/mol. The predicted octanol–water partition coefficient (Wildman–Crippen LogP) is 0.810. The molecule has 2 heterocycles. The molecule has 0 spiro atoms. The second kappa shape index (κ2) is 5.16. The zero-order valence-electron chi connectivity index (χ0n) is 10.2. The van der Waals surface area contributed by atoms with Gasteiger partial charge in [-0.25, -0.2) is 0 Å². The van der Waals surface area contributed by atoms with Gasteiger partial charge >= 0.3 is 6.18 Å². The van der Waals surface area contributed by atoms with Crippen LogP contribution in [0.4, 0.5) is 25.1 Å². The molecule has 1 aliphatic heterocycles. The van der Waals surface area contributed by atoms with E-state index >= 15 is 0 Å². The van der Waals surface area contributed by atoms with Crippen molar-refractivity contribution in [2.24, 2.45) is 5.92 Å². The Kier molecular flexibility index (Phi) is 3.74. The van der Waals surface area contributed by atoms with Gasteiger partial charge < -0.3 is 11.5 Å². The summed E-state index contributed by atoms with van der Waals surface area (Å²) in [5, 5.41) is 0. The highest BCUT2D eigenvalue weighted by molar-refractivity contribution is 5.25. The number of likely N-dealkylation sites (tertiary alicyclic amines) is 1. The van der Waals surface area contributed by atoms with Gasteiger partial charge in [0, 0.05) is 6.54 Å². The number of piperidine rings is 1. The zero-order valence-corrected chi connectivity index (χ0v) is 10.2. The van der Waals surface area contributed by atoms with E-state index in [-0.39, 0.29) is 31.4 Å². The van der Waals surface area contributed by atoms with E-state index in [1.807, 2.05) is 0 Å². The summed E-state index contributed by atoms with van der Waals surface area (Å²) in [5.74, 6) is -1.04. The van der Waals surface area contributed by atoms with Gasteiger partial charge in [-0.3, -0.25) is 4.90 Å². The molecule has 106 valence electrons. The van der Waals surface area contributed by atoms with Crippen LogP contribution in [0.25, 0.3) is 0 Å². The van der Waals surface area contributed by atoms with E-state index in [1.165, 1.54) is 0 Å². The van der Waals surface area contributed by atoms with Gasteiger partial charge in [0.2, 0.25) is 11.9 Å². The molecule has 1 saturated heterocycles. The molecule has 9 heteroatoms. The highest BCUT2D eigenvalue weighted by Crippen LogP contribution is 2.33. The molecule has 1 atom stereocenters. The third kappa shape index (κ3) is 3.66. The Morgan fingerprint density at radius 3 is 2.37 bits per heavy atom. The van der Waals surface area contributed by atoms with Gasteiger partial charge in [-0.05, 0) is 19.4 Å². The van der Waals surface area contributed by atoms with Crippen molar-refractivity contribution in [3.63, 3.8) is 0 Å². The molecular weight excluding hydrogens is 261 g/mol. The molecule has 1 fully saturated rings. The van der Waals surface area contributed by atoms with Crippen molar-refractivity contribution in [3.8, 4) is 0 Å². The number of rotatable bonds is 2. The topological polar surface area (TPSA) is 93.9 Å². The molecule has 0 amide bonds. The Hall–Kier alpha value is -1.64. The van der Waals surface area contributed by atoms with E-state index in [0.717, 1.165) is 0 Å². The van der Waals surface area contributed by atoms with E-state index in [1.54, 1.807) is 4.90 Å². The predicted molar refractivity (Wildman–Crippen MR) is 62.7 cm³/mol. The molecule has 1 unspecified atom stereocenters. The fraction of sp³-hybridized carbons (Fsp3) is 0.700. The fourth-order valence-corrected chi connectivity index (χ4v) is 2.19. The molecule has 2 rings (SSSR count). The van der Waals surface area contributed by atoms with Crippen LogP contribution in [0, 0.1) is 5.92 Å². The normalized spacial score (nSPS) is 21.5. The molecule has 0 aromatic carbocycles. The quantitative estimate of drug-likeness (QED) is 0.830. The fourth-order valence-electron chi connectivity index (χ4n) is 2.19. The van der Waals surface area contributed by atoms with Crippen molar-refractivity contribution in [2.45, 2.75) is 25.6 Å². The SMILES string of the molecule is Nc1nc(N)nc(CN2CCCC(C(F)(F)F)C2)n1. The number of aromatic nitrogens is 3. The van der Waals surface area contributed by atoms with Crippen LogP contribution in [0.1, 0.15) is 18.7 Å². The Balaban J connectivity index is 2.02. The average Bonchev–Trinajstić information content (AvgIpc) is 2.26. The van der Waals surface area contributed by atoms with Gasteiger partial charge in [-0.2, -0.15) is 28.1 Å². The van der Waals surface area contributed by atoms with Gasteiger partial charge in [0.1, 0.15) is 5.82 Å². The molecule has 0 saturated carbocycles. The number of nitrogens with zero attached hydrogens (tertiary/aromatic N) is 4. The van der Waals surface area contributed by atoms with Crippen LogP contribution in [0.15, 0.2) is 0 Å². The van der Waals surface area contributed by atoms with Crippen molar-refractivity contribution in [2.75, 3.05) is 24.6 Å². The first-order valence-corrected chi connectivity index (χ1v) is 5.89. The third-order valence-corrected chi connectivity index (χ3v) is 3.05. The van der Waals surface area contributed by atoms with Crippen LogP contribution < -0.4 is 11.5 Å². The smallest absolute Gasteiger partial charge is 0.368 e. The lowest BCUT2D eigenvalue weighted by molar-refractivity contribution is -0.187. The Labute approximate surface area is 108 Å². The number of hydrogen-bond acceptors (Lipinski definition) is 6. The summed E-state index contributed by atoms with van der Waals surface area (Å²) < 4.78 is 38.0. The van der Waals surface area contributed by atoms with Crippen molar-refractivity contribution < 1.29 is 13.2 Å². The third-order valence-electron chi connectivity index (χ3n) is 3.05. The van der Waals surface area contributed by atoms with Gasteiger partial charge in [-0.1, -0.05) is 0 Å². The first kappa shape index (κ1) is 13.8. The Bertz CT molecular complexity index is 429. The molecule has 0 bridgehead atoms. The lowest BCUT2D eigenvalue weighted by Crippen LogP contribution is -2.41. The molecule has 6 nitrogen and oxygen atoms in total. The summed E-state index contributed by atoms with van der Waals surface area (Å²) in [6.07, 6.45) is -3.49. The van der Waals surface area contributed by atoms with Crippen LogP contribution in [0.5, 0.6) is 0 Å².